The highest BCUT2D eigenvalue weighted by Gasteiger charge is 2.07. The molecule has 0 spiro atoms. The molecule has 1 amide bonds. The van der Waals surface area contributed by atoms with Crippen molar-refractivity contribution in [3.8, 4) is 0 Å². The molecule has 2 heterocycles. The van der Waals surface area contributed by atoms with Crippen molar-refractivity contribution in [2.45, 2.75) is 19.4 Å². The summed E-state index contributed by atoms with van der Waals surface area (Å²) in [5.74, 6) is 0.450. The summed E-state index contributed by atoms with van der Waals surface area (Å²) >= 11 is 0. The van der Waals surface area contributed by atoms with Crippen molar-refractivity contribution in [3.63, 3.8) is 0 Å². The van der Waals surface area contributed by atoms with Gasteiger partial charge in [0.1, 0.15) is 11.6 Å². The minimum Gasteiger partial charge on any atom is -0.356 e. The number of aromatic amines is 1. The van der Waals surface area contributed by atoms with Crippen LogP contribution in [0.3, 0.4) is 0 Å². The molecule has 4 aromatic rings. The Bertz CT molecular complexity index is 1070. The molecular formula is C20H19FN4O. The molecule has 26 heavy (non-hydrogen) atoms. The fourth-order valence-corrected chi connectivity index (χ4v) is 3.12. The molecule has 2 aromatic carbocycles. The zero-order chi connectivity index (χ0) is 17.9. The van der Waals surface area contributed by atoms with E-state index < -0.39 is 0 Å². The first-order valence-corrected chi connectivity index (χ1v) is 8.64. The van der Waals surface area contributed by atoms with Gasteiger partial charge >= 0.3 is 0 Å². The number of para-hydroxylation sites is 1. The van der Waals surface area contributed by atoms with E-state index in [4.69, 9.17) is 0 Å². The molecule has 6 heteroatoms. The van der Waals surface area contributed by atoms with Crippen LogP contribution in [0.5, 0.6) is 0 Å². The third kappa shape index (κ3) is 3.44. The molecule has 0 aliphatic heterocycles. The zero-order valence-corrected chi connectivity index (χ0v) is 14.2. The predicted octanol–water partition coefficient (Wildman–Crippen LogP) is 3.41. The molecule has 2 aromatic heterocycles. The molecular weight excluding hydrogens is 331 g/mol. The van der Waals surface area contributed by atoms with Crippen LogP contribution in [-0.4, -0.2) is 27.0 Å². The van der Waals surface area contributed by atoms with Crippen LogP contribution in [0.4, 0.5) is 4.39 Å². The maximum Gasteiger partial charge on any atom is 0.221 e. The fourth-order valence-electron chi connectivity index (χ4n) is 3.12. The Morgan fingerprint density at radius 3 is 3.00 bits per heavy atom. The first-order valence-electron chi connectivity index (χ1n) is 8.64. The summed E-state index contributed by atoms with van der Waals surface area (Å²) in [4.78, 5) is 19.5. The Labute approximate surface area is 149 Å². The van der Waals surface area contributed by atoms with Gasteiger partial charge in [-0.25, -0.2) is 9.37 Å². The highest BCUT2D eigenvalue weighted by atomic mass is 19.1. The number of rotatable bonds is 6. The summed E-state index contributed by atoms with van der Waals surface area (Å²) in [6.07, 6.45) is 3.00. The number of benzene rings is 2. The molecule has 0 aliphatic rings. The van der Waals surface area contributed by atoms with Gasteiger partial charge in [0.15, 0.2) is 0 Å². The van der Waals surface area contributed by atoms with E-state index in [-0.39, 0.29) is 11.7 Å². The Morgan fingerprint density at radius 2 is 2.08 bits per heavy atom. The standard InChI is InChI=1S/C20H19FN4O/c21-15-5-6-16-17(13-15)24-19(23-16)7-10-22-20(26)9-12-25-11-8-14-3-1-2-4-18(14)25/h1-6,8,11,13H,7,9-10,12H2,(H,22,26)(H,23,24). The molecule has 5 nitrogen and oxygen atoms in total. The van der Waals surface area contributed by atoms with Gasteiger partial charge in [-0.2, -0.15) is 0 Å². The molecule has 132 valence electrons. The number of imidazole rings is 1. The molecule has 0 saturated heterocycles. The van der Waals surface area contributed by atoms with Crippen molar-refractivity contribution in [2.75, 3.05) is 6.54 Å². The third-order valence-electron chi connectivity index (χ3n) is 4.44. The number of carbonyl (C=O) groups excluding carboxylic acids is 1. The highest BCUT2D eigenvalue weighted by molar-refractivity contribution is 5.80. The van der Waals surface area contributed by atoms with Gasteiger partial charge in [0.25, 0.3) is 0 Å². The van der Waals surface area contributed by atoms with E-state index in [1.54, 1.807) is 6.07 Å². The van der Waals surface area contributed by atoms with Crippen molar-refractivity contribution >= 4 is 27.8 Å². The Hall–Kier alpha value is -3.15. The van der Waals surface area contributed by atoms with Gasteiger partial charge < -0.3 is 14.9 Å². The summed E-state index contributed by atoms with van der Waals surface area (Å²) in [7, 11) is 0. The van der Waals surface area contributed by atoms with Crippen molar-refractivity contribution in [2.24, 2.45) is 0 Å². The van der Waals surface area contributed by atoms with Crippen molar-refractivity contribution in [3.05, 3.63) is 66.4 Å². The number of halogens is 1. The van der Waals surface area contributed by atoms with E-state index in [2.05, 4.69) is 38.1 Å². The third-order valence-corrected chi connectivity index (χ3v) is 4.44. The minimum atomic E-state index is -0.293. The number of aryl methyl sites for hydroxylation is 1. The number of hydrogen-bond donors (Lipinski definition) is 2. The van der Waals surface area contributed by atoms with Crippen LogP contribution in [0.2, 0.25) is 0 Å². The second kappa shape index (κ2) is 7.00. The topological polar surface area (TPSA) is 62.7 Å². The van der Waals surface area contributed by atoms with Gasteiger partial charge in [0, 0.05) is 37.6 Å². The average Bonchev–Trinajstić information content (AvgIpc) is 3.23. The number of nitrogens with one attached hydrogen (secondary N) is 2. The number of H-pyrrole nitrogens is 1. The van der Waals surface area contributed by atoms with Crippen LogP contribution < -0.4 is 5.32 Å². The number of amides is 1. The van der Waals surface area contributed by atoms with E-state index in [0.717, 1.165) is 16.9 Å². The smallest absolute Gasteiger partial charge is 0.221 e. The summed E-state index contributed by atoms with van der Waals surface area (Å²) in [6.45, 7) is 1.14. The molecule has 0 radical (unpaired) electrons. The highest BCUT2D eigenvalue weighted by Crippen LogP contribution is 2.15. The lowest BCUT2D eigenvalue weighted by Crippen LogP contribution is -2.26. The largest absolute Gasteiger partial charge is 0.356 e. The molecule has 0 aliphatic carbocycles. The lowest BCUT2D eigenvalue weighted by atomic mass is 10.2. The van der Waals surface area contributed by atoms with E-state index >= 15 is 0 Å². The monoisotopic (exact) mass is 350 g/mol. The van der Waals surface area contributed by atoms with Crippen LogP contribution in [-0.2, 0) is 17.8 Å². The van der Waals surface area contributed by atoms with Crippen molar-refractivity contribution in [1.82, 2.24) is 19.9 Å². The second-order valence-electron chi connectivity index (χ2n) is 6.26. The fraction of sp³-hybridized carbons (Fsp3) is 0.200. The van der Waals surface area contributed by atoms with Crippen molar-refractivity contribution in [1.29, 1.82) is 0 Å². The van der Waals surface area contributed by atoms with E-state index in [9.17, 15) is 9.18 Å². The molecule has 0 atom stereocenters. The molecule has 0 saturated carbocycles. The number of nitrogens with zero attached hydrogens (tertiary/aromatic N) is 2. The Morgan fingerprint density at radius 1 is 1.19 bits per heavy atom. The molecule has 4 rings (SSSR count). The van der Waals surface area contributed by atoms with Gasteiger partial charge in [-0.3, -0.25) is 4.79 Å². The number of hydrogen-bond acceptors (Lipinski definition) is 2. The molecule has 0 bridgehead atoms. The Balaban J connectivity index is 1.28. The van der Waals surface area contributed by atoms with E-state index in [1.807, 2.05) is 18.3 Å². The quantitative estimate of drug-likeness (QED) is 0.560. The van der Waals surface area contributed by atoms with Gasteiger partial charge in [-0.05, 0) is 35.7 Å². The van der Waals surface area contributed by atoms with Gasteiger partial charge in [0.05, 0.1) is 11.0 Å². The molecule has 0 fully saturated rings. The van der Waals surface area contributed by atoms with Crippen LogP contribution in [0, 0.1) is 5.82 Å². The van der Waals surface area contributed by atoms with Crippen LogP contribution >= 0.6 is 0 Å². The maximum atomic E-state index is 13.2. The zero-order valence-electron chi connectivity index (χ0n) is 14.2. The minimum absolute atomic E-state index is 0.00457. The van der Waals surface area contributed by atoms with Crippen LogP contribution in [0.25, 0.3) is 21.9 Å². The summed E-state index contributed by atoms with van der Waals surface area (Å²) in [6, 6.07) is 14.6. The normalized spacial score (nSPS) is 11.3. The SMILES string of the molecule is O=C(CCn1ccc2ccccc21)NCCc1nc2ccc(F)cc2[nH]1. The van der Waals surface area contributed by atoms with Crippen LogP contribution in [0.15, 0.2) is 54.7 Å². The predicted molar refractivity (Wildman–Crippen MR) is 99.3 cm³/mol. The number of aromatic nitrogens is 3. The van der Waals surface area contributed by atoms with Gasteiger partial charge in [-0.15, -0.1) is 0 Å². The number of fused-ring (bicyclic) bond motifs is 2. The first kappa shape index (κ1) is 16.3. The lowest BCUT2D eigenvalue weighted by molar-refractivity contribution is -0.121. The van der Waals surface area contributed by atoms with Gasteiger partial charge in [-0.1, -0.05) is 18.2 Å². The van der Waals surface area contributed by atoms with E-state index in [0.29, 0.717) is 31.4 Å². The summed E-state index contributed by atoms with van der Waals surface area (Å²) in [5.41, 5.74) is 2.54. The van der Waals surface area contributed by atoms with Gasteiger partial charge in [0.2, 0.25) is 5.91 Å². The molecule has 2 N–H and O–H groups in total. The summed E-state index contributed by atoms with van der Waals surface area (Å²) < 4.78 is 15.3. The van der Waals surface area contributed by atoms with Crippen LogP contribution in [0.1, 0.15) is 12.2 Å². The maximum absolute atomic E-state index is 13.2. The summed E-state index contributed by atoms with van der Waals surface area (Å²) in [5, 5.41) is 4.09. The van der Waals surface area contributed by atoms with Crippen molar-refractivity contribution < 1.29 is 9.18 Å². The average molecular weight is 350 g/mol. The first-order chi connectivity index (χ1) is 12.7. The lowest BCUT2D eigenvalue weighted by Gasteiger charge is -2.06. The molecule has 0 unspecified atom stereocenters. The van der Waals surface area contributed by atoms with E-state index in [1.165, 1.54) is 17.5 Å². The second-order valence-corrected chi connectivity index (χ2v) is 6.26. The Kier molecular flexibility index (Phi) is 4.39. The number of carbonyl (C=O) groups is 1.